The van der Waals surface area contributed by atoms with Gasteiger partial charge in [-0.1, -0.05) is 24.3 Å². The van der Waals surface area contributed by atoms with Gasteiger partial charge in [0.15, 0.2) is 0 Å². The standard InChI is InChI=1S/C24H35N5O5/c1-17-12-28(18(2)15-30)23(31)8-5-9-29-21(11-25-26-29)16-34-22(17)14-27(3)13-19-6-4-7-20(10-19)24(32)33/h4,6-7,10-11,17-18,22,30H,5,8-9,12-16H2,1-3H3,(H,32,33)/t17-,18+,22+/m0/s1. The van der Waals surface area contributed by atoms with E-state index in [1.54, 1.807) is 34.0 Å². The van der Waals surface area contributed by atoms with Crippen LogP contribution in [0.4, 0.5) is 0 Å². The number of hydrogen-bond donors (Lipinski definition) is 2. The van der Waals surface area contributed by atoms with Gasteiger partial charge in [-0.15, -0.1) is 5.10 Å². The number of aromatic carboxylic acids is 1. The largest absolute Gasteiger partial charge is 0.478 e. The summed E-state index contributed by atoms with van der Waals surface area (Å²) in [5, 5.41) is 27.1. The number of aromatic nitrogens is 3. The van der Waals surface area contributed by atoms with E-state index in [0.717, 1.165) is 11.3 Å². The number of carboxylic acids is 1. The van der Waals surface area contributed by atoms with Gasteiger partial charge in [-0.05, 0) is 38.1 Å². The average molecular weight is 474 g/mol. The molecule has 2 heterocycles. The van der Waals surface area contributed by atoms with Crippen molar-refractivity contribution in [3.8, 4) is 0 Å². The zero-order valence-corrected chi connectivity index (χ0v) is 20.1. The van der Waals surface area contributed by atoms with Crippen molar-refractivity contribution in [2.45, 2.75) is 58.5 Å². The van der Waals surface area contributed by atoms with E-state index in [1.165, 1.54) is 0 Å². The quantitative estimate of drug-likeness (QED) is 0.623. The number of aliphatic hydroxyl groups is 1. The molecular formula is C24H35N5O5. The molecule has 2 aromatic rings. The molecule has 1 aliphatic rings. The maximum Gasteiger partial charge on any atom is 0.335 e. The van der Waals surface area contributed by atoms with Gasteiger partial charge in [0.25, 0.3) is 0 Å². The molecule has 0 spiro atoms. The fraction of sp³-hybridized carbons (Fsp3) is 0.583. The predicted octanol–water partition coefficient (Wildman–Crippen LogP) is 1.63. The van der Waals surface area contributed by atoms with Gasteiger partial charge in [0.1, 0.15) is 0 Å². The molecule has 3 rings (SSSR count). The zero-order chi connectivity index (χ0) is 24.7. The summed E-state index contributed by atoms with van der Waals surface area (Å²) < 4.78 is 8.12. The summed E-state index contributed by atoms with van der Waals surface area (Å²) in [6, 6.07) is 6.63. The van der Waals surface area contributed by atoms with Crippen LogP contribution in [0.15, 0.2) is 30.5 Å². The summed E-state index contributed by atoms with van der Waals surface area (Å²) >= 11 is 0. The van der Waals surface area contributed by atoms with E-state index in [0.29, 0.717) is 45.6 Å². The molecule has 0 unspecified atom stereocenters. The van der Waals surface area contributed by atoms with Crippen LogP contribution in [0.5, 0.6) is 0 Å². The number of fused-ring (bicyclic) bond motifs is 1. The van der Waals surface area contributed by atoms with E-state index >= 15 is 0 Å². The van der Waals surface area contributed by atoms with Crippen LogP contribution >= 0.6 is 0 Å². The van der Waals surface area contributed by atoms with Crippen LogP contribution in [0.2, 0.25) is 0 Å². The molecule has 34 heavy (non-hydrogen) atoms. The van der Waals surface area contributed by atoms with Crippen molar-refractivity contribution in [1.29, 1.82) is 0 Å². The first-order chi connectivity index (χ1) is 16.3. The van der Waals surface area contributed by atoms with E-state index < -0.39 is 5.97 Å². The normalized spacial score (nSPS) is 21.0. The van der Waals surface area contributed by atoms with Crippen LogP contribution in [-0.4, -0.2) is 85.8 Å². The second kappa shape index (κ2) is 12.0. The highest BCUT2D eigenvalue weighted by Crippen LogP contribution is 2.19. The Kier molecular flexibility index (Phi) is 9.14. The topological polar surface area (TPSA) is 121 Å². The smallest absolute Gasteiger partial charge is 0.335 e. The minimum atomic E-state index is -0.950. The molecule has 2 N–H and O–H groups in total. The lowest BCUT2D eigenvalue weighted by Crippen LogP contribution is -2.47. The van der Waals surface area contributed by atoms with Crippen molar-refractivity contribution in [2.24, 2.45) is 5.92 Å². The van der Waals surface area contributed by atoms with Crippen LogP contribution in [0.3, 0.4) is 0 Å². The van der Waals surface area contributed by atoms with Crippen molar-refractivity contribution in [2.75, 3.05) is 26.7 Å². The van der Waals surface area contributed by atoms with Crippen molar-refractivity contribution in [3.63, 3.8) is 0 Å². The van der Waals surface area contributed by atoms with Crippen LogP contribution in [-0.2, 0) is 29.2 Å². The van der Waals surface area contributed by atoms with E-state index in [4.69, 9.17) is 4.74 Å². The van der Waals surface area contributed by atoms with Crippen molar-refractivity contribution in [3.05, 3.63) is 47.3 Å². The van der Waals surface area contributed by atoms with Crippen LogP contribution < -0.4 is 0 Å². The number of rotatable bonds is 7. The monoisotopic (exact) mass is 473 g/mol. The minimum absolute atomic E-state index is 0.00508. The Bertz CT molecular complexity index is 965. The number of hydrogen-bond acceptors (Lipinski definition) is 7. The lowest BCUT2D eigenvalue weighted by Gasteiger charge is -2.35. The summed E-state index contributed by atoms with van der Waals surface area (Å²) in [5.74, 6) is -0.948. The summed E-state index contributed by atoms with van der Waals surface area (Å²) in [5.41, 5.74) is 2.02. The van der Waals surface area contributed by atoms with Crippen molar-refractivity contribution < 1.29 is 24.5 Å². The maximum absolute atomic E-state index is 13.0. The number of carbonyl (C=O) groups excluding carboxylic acids is 1. The highest BCUT2D eigenvalue weighted by atomic mass is 16.5. The maximum atomic E-state index is 13.0. The summed E-state index contributed by atoms with van der Waals surface area (Å²) in [6.07, 6.45) is 2.49. The number of aryl methyl sites for hydroxylation is 1. The molecule has 186 valence electrons. The molecule has 1 amide bonds. The number of carboxylic acid groups (broad SMARTS) is 1. The highest BCUT2D eigenvalue weighted by molar-refractivity contribution is 5.87. The summed E-state index contributed by atoms with van der Waals surface area (Å²) in [6.45, 7) is 6.35. The first-order valence-electron chi connectivity index (χ1n) is 11.7. The highest BCUT2D eigenvalue weighted by Gasteiger charge is 2.28. The summed E-state index contributed by atoms with van der Waals surface area (Å²) in [4.78, 5) is 28.1. The van der Waals surface area contributed by atoms with E-state index in [-0.39, 0.29) is 36.1 Å². The third-order valence-electron chi connectivity index (χ3n) is 6.26. The fourth-order valence-electron chi connectivity index (χ4n) is 4.23. The molecule has 0 saturated carbocycles. The van der Waals surface area contributed by atoms with Crippen LogP contribution in [0.1, 0.15) is 48.3 Å². The molecule has 3 atom stereocenters. The summed E-state index contributed by atoms with van der Waals surface area (Å²) in [7, 11) is 1.96. The van der Waals surface area contributed by atoms with Crippen molar-refractivity contribution >= 4 is 11.9 Å². The molecule has 1 aromatic carbocycles. The Morgan fingerprint density at radius 1 is 1.38 bits per heavy atom. The molecule has 0 fully saturated rings. The SMILES string of the molecule is C[C@H](CO)N1C[C@H](C)[C@@H](CN(C)Cc2cccc(C(=O)O)c2)OCc2cnnn2CCCC1=O. The Labute approximate surface area is 200 Å². The number of ether oxygens (including phenoxy) is 1. The van der Waals surface area contributed by atoms with Gasteiger partial charge < -0.3 is 19.8 Å². The molecule has 0 saturated heterocycles. The van der Waals surface area contributed by atoms with Gasteiger partial charge in [0.05, 0.1) is 42.8 Å². The van der Waals surface area contributed by atoms with Gasteiger partial charge in [0.2, 0.25) is 5.91 Å². The number of carbonyl (C=O) groups is 2. The molecule has 0 radical (unpaired) electrons. The van der Waals surface area contributed by atoms with E-state index in [2.05, 4.69) is 22.1 Å². The van der Waals surface area contributed by atoms with Gasteiger partial charge in [-0.2, -0.15) is 0 Å². The van der Waals surface area contributed by atoms with Gasteiger partial charge >= 0.3 is 5.97 Å². The predicted molar refractivity (Wildman–Crippen MR) is 125 cm³/mol. The Morgan fingerprint density at radius 2 is 2.18 bits per heavy atom. The van der Waals surface area contributed by atoms with E-state index in [1.807, 2.05) is 20.0 Å². The second-order valence-electron chi connectivity index (χ2n) is 9.16. The Balaban J connectivity index is 1.77. The lowest BCUT2D eigenvalue weighted by atomic mass is 10.0. The Hall–Kier alpha value is -2.82. The van der Waals surface area contributed by atoms with Crippen LogP contribution in [0, 0.1) is 5.92 Å². The Morgan fingerprint density at radius 3 is 2.91 bits per heavy atom. The van der Waals surface area contributed by atoms with Gasteiger partial charge in [-0.3, -0.25) is 9.69 Å². The molecule has 0 aliphatic carbocycles. The zero-order valence-electron chi connectivity index (χ0n) is 20.1. The van der Waals surface area contributed by atoms with Gasteiger partial charge in [0, 0.05) is 38.5 Å². The van der Waals surface area contributed by atoms with Gasteiger partial charge in [-0.25, -0.2) is 9.48 Å². The number of benzene rings is 1. The number of nitrogens with zero attached hydrogens (tertiary/aromatic N) is 5. The molecule has 0 bridgehead atoms. The minimum Gasteiger partial charge on any atom is -0.478 e. The molecular weight excluding hydrogens is 438 g/mol. The third kappa shape index (κ3) is 6.85. The third-order valence-corrected chi connectivity index (χ3v) is 6.26. The van der Waals surface area contributed by atoms with E-state index in [9.17, 15) is 19.8 Å². The fourth-order valence-corrected chi connectivity index (χ4v) is 4.23. The lowest BCUT2D eigenvalue weighted by molar-refractivity contribution is -0.136. The molecule has 1 aliphatic heterocycles. The molecule has 1 aromatic heterocycles. The van der Waals surface area contributed by atoms with Crippen molar-refractivity contribution in [1.82, 2.24) is 24.8 Å². The number of aliphatic hydroxyl groups excluding tert-OH is 1. The molecule has 10 heteroatoms. The molecule has 10 nitrogen and oxygen atoms in total. The number of likely N-dealkylation sites (N-methyl/N-ethyl adjacent to an activating group) is 1. The first kappa shape index (κ1) is 25.8. The first-order valence-corrected chi connectivity index (χ1v) is 11.7. The number of amides is 1. The van der Waals surface area contributed by atoms with Crippen LogP contribution in [0.25, 0.3) is 0 Å². The average Bonchev–Trinajstić information content (AvgIpc) is 3.26. The second-order valence-corrected chi connectivity index (χ2v) is 9.16.